The minimum Gasteiger partial charge on any atom is -0.542 e. The maximum Gasteiger partial charge on any atom is 1.00 e. The van der Waals surface area contributed by atoms with Crippen LogP contribution in [0.15, 0.2) is 0 Å². The number of ketones is 1. The van der Waals surface area contributed by atoms with E-state index in [1.54, 1.807) is 13.8 Å². The molecule has 0 rings (SSSR count). The second-order valence-corrected chi connectivity index (χ2v) is 1.96. The molecule has 0 amide bonds. The second kappa shape index (κ2) is 5.89. The van der Waals surface area contributed by atoms with E-state index in [4.69, 9.17) is 0 Å². The average molecular weight is 152 g/mol. The molecule has 0 aliphatic rings. The molecule has 0 radical (unpaired) electrons. The average Bonchev–Trinajstić information content (AvgIpc) is 1.84. The maximum atomic E-state index is 10.4. The molecule has 1 atom stereocenters. The third kappa shape index (κ3) is 4.04. The van der Waals surface area contributed by atoms with Crippen LogP contribution in [0.1, 0.15) is 20.3 Å². The summed E-state index contributed by atoms with van der Waals surface area (Å²) in [4.78, 5) is 20.3. The Hall–Kier alpha value is 0.140. The third-order valence-corrected chi connectivity index (χ3v) is 1.26. The molecule has 0 aromatic heterocycles. The number of carboxylic acids is 1. The van der Waals surface area contributed by atoms with E-state index in [1.165, 1.54) is 0 Å². The molecule has 4 heteroatoms. The summed E-state index contributed by atoms with van der Waals surface area (Å²) in [5, 5.41) is 9.84. The fourth-order valence-electron chi connectivity index (χ4n) is 0.387. The predicted octanol–water partition coefficient (Wildman–Crippen LogP) is -3.64. The fourth-order valence-corrected chi connectivity index (χ4v) is 0.387. The molecule has 0 N–H and O–H groups in total. The number of hydrogen-bond acceptors (Lipinski definition) is 3. The van der Waals surface area contributed by atoms with E-state index in [9.17, 15) is 14.7 Å². The van der Waals surface area contributed by atoms with E-state index in [0.717, 1.165) is 0 Å². The summed E-state index contributed by atoms with van der Waals surface area (Å²) in [6.45, 7) is 3.32. The largest absolute Gasteiger partial charge is 1.00 e. The minimum atomic E-state index is -1.58. The second-order valence-electron chi connectivity index (χ2n) is 1.96. The van der Waals surface area contributed by atoms with Gasteiger partial charge in [0.2, 0.25) is 0 Å². The normalized spacial score (nSPS) is 11.4. The zero-order chi connectivity index (χ0) is 7.44. The van der Waals surface area contributed by atoms with Crippen molar-refractivity contribution in [2.24, 2.45) is 5.92 Å². The molecule has 10 heavy (non-hydrogen) atoms. The predicted molar refractivity (Wildman–Crippen MR) is 29.5 cm³/mol. The molecule has 0 aliphatic carbocycles. The van der Waals surface area contributed by atoms with Crippen molar-refractivity contribution in [3.63, 3.8) is 0 Å². The third-order valence-electron chi connectivity index (χ3n) is 1.26. The quantitative estimate of drug-likeness (QED) is 0.309. The molecule has 0 spiro atoms. The van der Waals surface area contributed by atoms with Crippen molar-refractivity contribution in [1.29, 1.82) is 0 Å². The number of carbonyl (C=O) groups excluding carboxylic acids is 2. The van der Waals surface area contributed by atoms with Crippen LogP contribution >= 0.6 is 0 Å². The molecule has 0 fully saturated rings. The van der Waals surface area contributed by atoms with Crippen LogP contribution in [-0.4, -0.2) is 11.8 Å². The molecule has 0 aliphatic heterocycles. The van der Waals surface area contributed by atoms with Gasteiger partial charge in [0.15, 0.2) is 5.78 Å². The van der Waals surface area contributed by atoms with Crippen LogP contribution < -0.4 is 34.7 Å². The summed E-state index contributed by atoms with van der Waals surface area (Å²) in [6, 6.07) is 0. The number of carbonyl (C=O) groups is 2. The molecule has 0 bridgehead atoms. The van der Waals surface area contributed by atoms with Crippen molar-refractivity contribution in [3.8, 4) is 0 Å². The number of aliphatic carboxylic acids is 1. The van der Waals surface area contributed by atoms with Crippen molar-refractivity contribution in [3.05, 3.63) is 0 Å². The maximum absolute atomic E-state index is 10.4. The molecular weight excluding hydrogens is 143 g/mol. The van der Waals surface area contributed by atoms with Crippen LogP contribution in [0.5, 0.6) is 0 Å². The molecule has 3 nitrogen and oxygen atoms in total. The van der Waals surface area contributed by atoms with Gasteiger partial charge in [-0.1, -0.05) is 13.8 Å². The molecular formula is C6H9NaO3. The Balaban J connectivity index is 0. The molecule has 0 aromatic carbocycles. The first-order chi connectivity index (χ1) is 4.09. The number of Topliss-reactive ketones (excluding diaryl/α,β-unsaturated/α-hetero) is 1. The molecule has 52 valence electrons. The van der Waals surface area contributed by atoms with E-state index in [-0.39, 0.29) is 29.6 Å². The van der Waals surface area contributed by atoms with Gasteiger partial charge in [-0.2, -0.15) is 0 Å². The molecule has 0 saturated carbocycles. The van der Waals surface area contributed by atoms with Crippen molar-refractivity contribution >= 4 is 11.8 Å². The van der Waals surface area contributed by atoms with Crippen LogP contribution in [0.2, 0.25) is 0 Å². The Morgan fingerprint density at radius 1 is 1.50 bits per heavy atom. The van der Waals surface area contributed by atoms with Gasteiger partial charge in [-0.15, -0.1) is 0 Å². The van der Waals surface area contributed by atoms with Gasteiger partial charge in [-0.25, -0.2) is 0 Å². The molecule has 0 saturated heterocycles. The van der Waals surface area contributed by atoms with E-state index >= 15 is 0 Å². The van der Waals surface area contributed by atoms with Gasteiger partial charge in [-0.05, 0) is 6.42 Å². The van der Waals surface area contributed by atoms with Gasteiger partial charge in [0.25, 0.3) is 0 Å². The van der Waals surface area contributed by atoms with Crippen molar-refractivity contribution < 1.29 is 44.3 Å². The monoisotopic (exact) mass is 152 g/mol. The first-order valence-electron chi connectivity index (χ1n) is 2.84. The smallest absolute Gasteiger partial charge is 0.542 e. The number of carboxylic acid groups (broad SMARTS) is 1. The van der Waals surface area contributed by atoms with Gasteiger partial charge in [0, 0.05) is 5.92 Å². The summed E-state index contributed by atoms with van der Waals surface area (Å²) in [7, 11) is 0. The molecule has 0 heterocycles. The van der Waals surface area contributed by atoms with E-state index in [1.807, 2.05) is 0 Å². The standard InChI is InChI=1S/C6H10O3.Na/c1-3-4(2)5(7)6(8)9;/h4H,3H2,1-2H3,(H,8,9);/q;+1/p-1. The van der Waals surface area contributed by atoms with Gasteiger partial charge >= 0.3 is 29.6 Å². The topological polar surface area (TPSA) is 57.2 Å². The van der Waals surface area contributed by atoms with Gasteiger partial charge in [0.1, 0.15) is 5.97 Å². The zero-order valence-corrected chi connectivity index (χ0v) is 8.51. The Bertz CT molecular complexity index is 133. The minimum absolute atomic E-state index is 0. The van der Waals surface area contributed by atoms with Crippen LogP contribution in [0.4, 0.5) is 0 Å². The fraction of sp³-hybridized carbons (Fsp3) is 0.667. The first kappa shape index (κ1) is 12.8. The summed E-state index contributed by atoms with van der Waals surface area (Å²) < 4.78 is 0. The van der Waals surface area contributed by atoms with Crippen LogP contribution in [0.3, 0.4) is 0 Å². The van der Waals surface area contributed by atoms with Crippen LogP contribution in [0.25, 0.3) is 0 Å². The van der Waals surface area contributed by atoms with Crippen molar-refractivity contribution in [2.75, 3.05) is 0 Å². The molecule has 1 unspecified atom stereocenters. The van der Waals surface area contributed by atoms with Crippen LogP contribution in [0, 0.1) is 5.92 Å². The van der Waals surface area contributed by atoms with Gasteiger partial charge < -0.3 is 9.90 Å². The Morgan fingerprint density at radius 2 is 1.90 bits per heavy atom. The van der Waals surface area contributed by atoms with Gasteiger partial charge in [0.05, 0.1) is 0 Å². The number of hydrogen-bond donors (Lipinski definition) is 0. The van der Waals surface area contributed by atoms with Gasteiger partial charge in [-0.3, -0.25) is 4.79 Å². The SMILES string of the molecule is CCC(C)C(=O)C(=O)[O-].[Na+]. The van der Waals surface area contributed by atoms with Crippen molar-refractivity contribution in [2.45, 2.75) is 20.3 Å². The Kier molecular flexibility index (Phi) is 7.53. The summed E-state index contributed by atoms with van der Waals surface area (Å²) >= 11 is 0. The summed E-state index contributed by atoms with van der Waals surface area (Å²) in [5.41, 5.74) is 0. The zero-order valence-electron chi connectivity index (χ0n) is 6.51. The Labute approximate surface area is 82.1 Å². The van der Waals surface area contributed by atoms with E-state index < -0.39 is 17.7 Å². The van der Waals surface area contributed by atoms with Crippen molar-refractivity contribution in [1.82, 2.24) is 0 Å². The summed E-state index contributed by atoms with van der Waals surface area (Å²) in [6.07, 6.45) is 0.548. The first-order valence-corrected chi connectivity index (χ1v) is 2.84. The summed E-state index contributed by atoms with van der Waals surface area (Å²) in [5.74, 6) is -2.79. The number of rotatable bonds is 3. The van der Waals surface area contributed by atoms with Crippen LogP contribution in [-0.2, 0) is 9.59 Å². The van der Waals surface area contributed by atoms with E-state index in [2.05, 4.69) is 0 Å². The molecule has 0 aromatic rings. The van der Waals surface area contributed by atoms with E-state index in [0.29, 0.717) is 6.42 Å². The Morgan fingerprint density at radius 3 is 2.00 bits per heavy atom.